The first kappa shape index (κ1) is 24.0. The van der Waals surface area contributed by atoms with E-state index >= 15 is 0 Å². The van der Waals surface area contributed by atoms with E-state index in [1.165, 1.54) is 34.0 Å². The molecule has 36 heavy (non-hydrogen) atoms. The average molecular weight is 513 g/mol. The number of piperidine rings is 1. The molecule has 1 saturated heterocycles. The Labute approximate surface area is 210 Å². The summed E-state index contributed by atoms with van der Waals surface area (Å²) in [5.74, 6) is 1.54. The van der Waals surface area contributed by atoms with E-state index < -0.39 is 5.69 Å². The maximum absolute atomic E-state index is 13.4. The van der Waals surface area contributed by atoms with Crippen molar-refractivity contribution in [2.24, 2.45) is 0 Å². The quantitative estimate of drug-likeness (QED) is 0.351. The van der Waals surface area contributed by atoms with Gasteiger partial charge in [-0.25, -0.2) is 9.78 Å². The molecule has 4 aromatic rings. The number of aromatic nitrogens is 5. The van der Waals surface area contributed by atoms with Gasteiger partial charge >= 0.3 is 5.69 Å². The van der Waals surface area contributed by atoms with Crippen LogP contribution in [-0.2, 0) is 13.1 Å². The van der Waals surface area contributed by atoms with E-state index in [0.717, 1.165) is 31.1 Å². The van der Waals surface area contributed by atoms with Crippen LogP contribution < -0.4 is 25.6 Å². The van der Waals surface area contributed by atoms with Gasteiger partial charge in [0.1, 0.15) is 11.2 Å². The van der Waals surface area contributed by atoms with Crippen molar-refractivity contribution < 1.29 is 14.0 Å². The van der Waals surface area contributed by atoms with Crippen LogP contribution in [0.5, 0.6) is 11.5 Å². The summed E-state index contributed by atoms with van der Waals surface area (Å²) in [6, 6.07) is 5.38. The van der Waals surface area contributed by atoms with Gasteiger partial charge in [0.25, 0.3) is 5.56 Å². The number of para-hydroxylation sites is 1. The van der Waals surface area contributed by atoms with Gasteiger partial charge in [-0.3, -0.25) is 13.9 Å². The first-order chi connectivity index (χ1) is 17.5. The highest BCUT2D eigenvalue weighted by Gasteiger charge is 2.23. The summed E-state index contributed by atoms with van der Waals surface area (Å²) in [6.45, 7) is 4.02. The van der Waals surface area contributed by atoms with Crippen LogP contribution >= 0.6 is 11.3 Å². The third-order valence-corrected chi connectivity index (χ3v) is 7.33. The predicted molar refractivity (Wildman–Crippen MR) is 136 cm³/mol. The second kappa shape index (κ2) is 10.1. The number of nitrogens with zero attached hydrogens (tertiary/aromatic N) is 6. The Morgan fingerprint density at radius 2 is 1.86 bits per heavy atom. The molecule has 0 atom stereocenters. The molecular weight excluding hydrogens is 484 g/mol. The zero-order valence-corrected chi connectivity index (χ0v) is 21.3. The van der Waals surface area contributed by atoms with Gasteiger partial charge in [-0.15, -0.1) is 0 Å². The summed E-state index contributed by atoms with van der Waals surface area (Å²) in [6.07, 6.45) is 4.01. The van der Waals surface area contributed by atoms with E-state index in [9.17, 15) is 9.59 Å². The molecule has 0 amide bonds. The molecule has 1 aliphatic heterocycles. The van der Waals surface area contributed by atoms with Gasteiger partial charge in [0, 0.05) is 19.6 Å². The van der Waals surface area contributed by atoms with Gasteiger partial charge in [0.2, 0.25) is 11.7 Å². The second-order valence-corrected chi connectivity index (χ2v) is 9.55. The van der Waals surface area contributed by atoms with E-state index in [0.29, 0.717) is 46.2 Å². The minimum atomic E-state index is -0.441. The topological polar surface area (TPSA) is 118 Å². The third-order valence-electron chi connectivity index (χ3n) is 6.23. The lowest BCUT2D eigenvalue weighted by Crippen LogP contribution is -2.40. The minimum Gasteiger partial charge on any atom is -0.493 e. The highest BCUT2D eigenvalue weighted by atomic mass is 32.1. The van der Waals surface area contributed by atoms with E-state index in [1.54, 1.807) is 25.3 Å². The monoisotopic (exact) mass is 512 g/mol. The van der Waals surface area contributed by atoms with Gasteiger partial charge in [0.15, 0.2) is 22.3 Å². The Hall–Kier alpha value is -3.67. The number of methoxy groups -OCH3 is 2. The number of rotatable bonds is 8. The van der Waals surface area contributed by atoms with Crippen LogP contribution in [0, 0.1) is 0 Å². The fraction of sp³-hybridized carbons (Fsp3) is 0.458. The molecule has 0 bridgehead atoms. The van der Waals surface area contributed by atoms with Crippen LogP contribution in [0.4, 0.5) is 5.13 Å². The number of ether oxygens (including phenoxy) is 2. The molecule has 5 rings (SSSR count). The number of fused-ring (bicyclic) bond motifs is 1. The molecule has 0 saturated carbocycles. The minimum absolute atomic E-state index is 0.0121. The van der Waals surface area contributed by atoms with Crippen molar-refractivity contribution in [2.45, 2.75) is 45.7 Å². The predicted octanol–water partition coefficient (Wildman–Crippen LogP) is 3.14. The summed E-state index contributed by atoms with van der Waals surface area (Å²) in [5, 5.41) is 4.86. The van der Waals surface area contributed by atoms with Crippen LogP contribution in [0.25, 0.3) is 21.7 Å². The number of hydrogen-bond acceptors (Lipinski definition) is 10. The smallest absolute Gasteiger partial charge is 0.333 e. The molecule has 0 unspecified atom stereocenters. The molecule has 1 aromatic carbocycles. The Bertz CT molecular complexity index is 1500. The summed E-state index contributed by atoms with van der Waals surface area (Å²) in [7, 11) is 3.09. The third kappa shape index (κ3) is 4.25. The SMILES string of the molecule is CCCn1c(=O)c2sc(N3CCCCC3)nc2n(Cc2nc(-c3cccc(OC)c3OC)no2)c1=O. The fourth-order valence-corrected chi connectivity index (χ4v) is 5.55. The summed E-state index contributed by atoms with van der Waals surface area (Å²) < 4.78 is 19.5. The second-order valence-electron chi connectivity index (χ2n) is 8.58. The highest BCUT2D eigenvalue weighted by Crippen LogP contribution is 2.36. The fourth-order valence-electron chi connectivity index (χ4n) is 4.48. The van der Waals surface area contributed by atoms with Gasteiger partial charge in [-0.2, -0.15) is 4.98 Å². The van der Waals surface area contributed by atoms with Crippen LogP contribution in [0.2, 0.25) is 0 Å². The molecule has 190 valence electrons. The lowest BCUT2D eigenvalue weighted by molar-refractivity contribution is 0.354. The maximum Gasteiger partial charge on any atom is 0.333 e. The number of thiazole rings is 1. The van der Waals surface area contributed by atoms with Crippen LogP contribution in [0.15, 0.2) is 32.3 Å². The van der Waals surface area contributed by atoms with Crippen molar-refractivity contribution in [3.05, 3.63) is 44.9 Å². The van der Waals surface area contributed by atoms with Crippen molar-refractivity contribution in [1.82, 2.24) is 24.3 Å². The Morgan fingerprint density at radius 3 is 2.58 bits per heavy atom. The first-order valence-corrected chi connectivity index (χ1v) is 12.8. The van der Waals surface area contributed by atoms with E-state index in [-0.39, 0.29) is 18.0 Å². The van der Waals surface area contributed by atoms with Crippen LogP contribution in [0.1, 0.15) is 38.5 Å². The summed E-state index contributed by atoms with van der Waals surface area (Å²) >= 11 is 1.34. The van der Waals surface area contributed by atoms with Gasteiger partial charge < -0.3 is 18.9 Å². The Morgan fingerprint density at radius 1 is 1.06 bits per heavy atom. The number of hydrogen-bond donors (Lipinski definition) is 0. The van der Waals surface area contributed by atoms with Gasteiger partial charge in [-0.1, -0.05) is 29.5 Å². The standard InChI is InChI=1S/C24H28N6O5S/c1-4-11-29-22(31)19-21(26-23(36-19)28-12-6-5-7-13-28)30(24(29)32)14-17-25-20(27-35-17)15-9-8-10-16(33-2)18(15)34-3/h8-10H,4-7,11-14H2,1-3H3. The zero-order chi connectivity index (χ0) is 25.2. The van der Waals surface area contributed by atoms with Crippen molar-refractivity contribution in [2.75, 3.05) is 32.2 Å². The highest BCUT2D eigenvalue weighted by molar-refractivity contribution is 7.22. The first-order valence-electron chi connectivity index (χ1n) is 12.0. The molecule has 0 N–H and O–H groups in total. The zero-order valence-electron chi connectivity index (χ0n) is 20.5. The lowest BCUT2D eigenvalue weighted by atomic mass is 10.1. The molecule has 0 radical (unpaired) electrons. The van der Waals surface area contributed by atoms with Crippen molar-refractivity contribution >= 4 is 26.8 Å². The Balaban J connectivity index is 1.58. The van der Waals surface area contributed by atoms with Crippen molar-refractivity contribution in [3.8, 4) is 22.9 Å². The average Bonchev–Trinajstić information content (AvgIpc) is 3.57. The lowest BCUT2D eigenvalue weighted by Gasteiger charge is -2.25. The molecule has 4 heterocycles. The summed E-state index contributed by atoms with van der Waals surface area (Å²) in [4.78, 5) is 38.0. The molecule has 0 aliphatic carbocycles. The molecule has 12 heteroatoms. The largest absolute Gasteiger partial charge is 0.493 e. The molecule has 1 fully saturated rings. The van der Waals surface area contributed by atoms with Crippen LogP contribution in [-0.4, -0.2) is 51.6 Å². The molecule has 1 aliphatic rings. The van der Waals surface area contributed by atoms with Crippen molar-refractivity contribution in [1.29, 1.82) is 0 Å². The van der Waals surface area contributed by atoms with Crippen molar-refractivity contribution in [3.63, 3.8) is 0 Å². The molecular formula is C24H28N6O5S. The normalized spacial score (nSPS) is 13.9. The van der Waals surface area contributed by atoms with E-state index in [4.69, 9.17) is 19.0 Å². The number of benzene rings is 1. The molecule has 3 aromatic heterocycles. The summed E-state index contributed by atoms with van der Waals surface area (Å²) in [5.41, 5.74) is 0.202. The van der Waals surface area contributed by atoms with Gasteiger partial charge in [-0.05, 0) is 37.8 Å². The van der Waals surface area contributed by atoms with E-state index in [1.807, 2.05) is 6.92 Å². The van der Waals surface area contributed by atoms with Crippen LogP contribution in [0.3, 0.4) is 0 Å². The van der Waals surface area contributed by atoms with E-state index in [2.05, 4.69) is 15.0 Å². The maximum atomic E-state index is 13.4. The molecule has 0 spiro atoms. The van der Waals surface area contributed by atoms with Gasteiger partial charge in [0.05, 0.1) is 19.8 Å². The molecule has 11 nitrogen and oxygen atoms in total. The number of anilines is 1. The Kier molecular flexibility index (Phi) is 6.77.